The van der Waals surface area contributed by atoms with Crippen molar-refractivity contribution < 1.29 is 38.1 Å². The number of halogens is 1. The third-order valence-electron chi connectivity index (χ3n) is 10.7. The Balaban J connectivity index is 1.13. The van der Waals surface area contributed by atoms with Crippen LogP contribution in [0.15, 0.2) is 55.0 Å². The number of alkyl carbamates (subject to hydrolysis) is 1. The summed E-state index contributed by atoms with van der Waals surface area (Å²) in [7, 11) is 1.23. The van der Waals surface area contributed by atoms with E-state index in [0.29, 0.717) is 63.7 Å². The van der Waals surface area contributed by atoms with Crippen molar-refractivity contribution in [2.45, 2.75) is 90.8 Å². The normalized spacial score (nSPS) is 16.2. The summed E-state index contributed by atoms with van der Waals surface area (Å²) in [5, 5.41) is 14.6. The Morgan fingerprint density at radius 1 is 1.03 bits per heavy atom. The number of carbonyl (C=O) groups is 3. The maximum atomic E-state index is 16.7. The van der Waals surface area contributed by atoms with Gasteiger partial charge >= 0.3 is 12.2 Å². The molecule has 2 atom stereocenters. The molecule has 4 aromatic heterocycles. The zero-order chi connectivity index (χ0) is 44.1. The van der Waals surface area contributed by atoms with E-state index in [0.717, 1.165) is 35.0 Å². The Morgan fingerprint density at radius 2 is 1.81 bits per heavy atom. The summed E-state index contributed by atoms with van der Waals surface area (Å²) in [5.74, 6) is 0.633. The van der Waals surface area contributed by atoms with Crippen LogP contribution in [0.5, 0.6) is 5.75 Å². The molecule has 0 bridgehead atoms. The van der Waals surface area contributed by atoms with Gasteiger partial charge in [0, 0.05) is 35.8 Å². The fraction of sp³-hybridized carbons (Fsp3) is 0.409. The highest BCUT2D eigenvalue weighted by atomic mass is 32.1. The second-order valence-corrected chi connectivity index (χ2v) is 18.1. The molecule has 2 aliphatic rings. The predicted molar refractivity (Wildman–Crippen MR) is 230 cm³/mol. The Labute approximate surface area is 361 Å². The summed E-state index contributed by atoms with van der Waals surface area (Å²) in [5.41, 5.74) is 2.47. The molecule has 4 N–H and O–H groups in total. The van der Waals surface area contributed by atoms with Gasteiger partial charge in [0.05, 0.1) is 65.1 Å². The first-order valence-corrected chi connectivity index (χ1v) is 21.4. The standard InChI is InChI=1S/C44H50FN9O7S/c1-8-13-52(36(55)22-49-41(56)59-7)23-35-46-19-29(50-35)25-16-27(45)37-32-17-26-15-24(28-20-47-38(51-28)31-10-9-14-53(31)42(57)61-43(2,3)4)11-12-30(26)54(32)39(60-33(37)18-25)34-21-48-40(62-34)44(5,6)58/h11-12,15-21,31,39,58H,8-10,13-14,22-23H2,1-7H3,(H,46,50)(H,47,51)(H,49,56). The van der Waals surface area contributed by atoms with Crippen molar-refractivity contribution in [3.8, 4) is 39.5 Å². The molecule has 1 saturated heterocycles. The summed E-state index contributed by atoms with van der Waals surface area (Å²) in [6, 6.07) is 10.8. The SMILES string of the molecule is CCCN(Cc1ncc(-c2cc(F)c3c(c2)OC(c2cnc(C(C)(C)O)s2)n2c-3cc3cc(-c4cnc(C5CCCN5C(=O)OC(C)(C)C)[nH]4)ccc32)[nH]1)C(=O)CNC(=O)OC. The van der Waals surface area contributed by atoms with E-state index < -0.39 is 29.3 Å². The number of methoxy groups -OCH3 is 1. The number of likely N-dealkylation sites (tertiary alicyclic amines) is 1. The molecule has 3 amide bonds. The van der Waals surface area contributed by atoms with Crippen molar-refractivity contribution in [3.05, 3.63) is 82.3 Å². The first kappa shape index (κ1) is 42.4. The summed E-state index contributed by atoms with van der Waals surface area (Å²) in [4.78, 5) is 61.9. The number of hydrogen-bond acceptors (Lipinski definition) is 11. The van der Waals surface area contributed by atoms with Gasteiger partial charge in [-0.15, -0.1) is 11.3 Å². The number of ether oxygens (including phenoxy) is 3. The maximum absolute atomic E-state index is 16.7. The van der Waals surface area contributed by atoms with Crippen LogP contribution in [-0.4, -0.2) is 94.8 Å². The van der Waals surface area contributed by atoms with Crippen LogP contribution >= 0.6 is 11.3 Å². The molecule has 0 saturated carbocycles. The Hall–Kier alpha value is -6.27. The van der Waals surface area contributed by atoms with Crippen molar-refractivity contribution >= 4 is 40.3 Å². The average Bonchev–Trinajstić information content (AvgIpc) is 4.07. The van der Waals surface area contributed by atoms with Gasteiger partial charge in [-0.2, -0.15) is 0 Å². The summed E-state index contributed by atoms with van der Waals surface area (Å²) in [6.45, 7) is 11.8. The molecule has 0 radical (unpaired) electrons. The van der Waals surface area contributed by atoms with Crippen LogP contribution in [0.1, 0.15) is 94.6 Å². The largest absolute Gasteiger partial charge is 0.464 e. The molecule has 0 spiro atoms. The fourth-order valence-electron chi connectivity index (χ4n) is 7.88. The highest BCUT2D eigenvalue weighted by Crippen LogP contribution is 2.48. The number of H-pyrrole nitrogens is 2. The molecule has 2 aromatic carbocycles. The highest BCUT2D eigenvalue weighted by molar-refractivity contribution is 7.11. The smallest absolute Gasteiger partial charge is 0.410 e. The van der Waals surface area contributed by atoms with Crippen molar-refractivity contribution in [2.24, 2.45) is 0 Å². The lowest BCUT2D eigenvalue weighted by Crippen LogP contribution is -2.40. The lowest BCUT2D eigenvalue weighted by molar-refractivity contribution is -0.130. The second-order valence-electron chi connectivity index (χ2n) is 17.0. The number of carbonyl (C=O) groups excluding carboxylic acids is 3. The van der Waals surface area contributed by atoms with E-state index in [9.17, 15) is 19.5 Å². The first-order valence-electron chi connectivity index (χ1n) is 20.5. The highest BCUT2D eigenvalue weighted by Gasteiger charge is 2.36. The molecule has 2 unspecified atom stereocenters. The zero-order valence-electron chi connectivity index (χ0n) is 35.7. The minimum atomic E-state index is -1.19. The van der Waals surface area contributed by atoms with E-state index in [1.54, 1.807) is 48.3 Å². The number of amides is 3. The van der Waals surface area contributed by atoms with E-state index in [1.165, 1.54) is 24.5 Å². The third-order valence-corrected chi connectivity index (χ3v) is 12.1. The molecule has 6 heterocycles. The number of nitrogens with zero attached hydrogens (tertiary/aromatic N) is 6. The molecule has 6 aromatic rings. The molecule has 62 heavy (non-hydrogen) atoms. The van der Waals surface area contributed by atoms with E-state index in [1.807, 2.05) is 56.5 Å². The van der Waals surface area contributed by atoms with E-state index >= 15 is 4.39 Å². The number of benzene rings is 2. The van der Waals surface area contributed by atoms with Crippen LogP contribution < -0.4 is 10.1 Å². The van der Waals surface area contributed by atoms with Crippen molar-refractivity contribution in [1.29, 1.82) is 0 Å². The lowest BCUT2D eigenvalue weighted by atomic mass is 10.0. The quantitative estimate of drug-likeness (QED) is 0.0991. The van der Waals surface area contributed by atoms with Gasteiger partial charge in [-0.3, -0.25) is 14.3 Å². The van der Waals surface area contributed by atoms with E-state index in [4.69, 9.17) is 14.5 Å². The summed E-state index contributed by atoms with van der Waals surface area (Å²) >= 11 is 1.31. The molecule has 18 heteroatoms. The molecular weight excluding hydrogens is 818 g/mol. The molecule has 16 nitrogen and oxygen atoms in total. The number of nitrogens with one attached hydrogen (secondary N) is 3. The van der Waals surface area contributed by atoms with Crippen molar-refractivity contribution in [1.82, 2.24) is 44.6 Å². The van der Waals surface area contributed by atoms with Crippen LogP contribution in [0, 0.1) is 5.82 Å². The molecule has 326 valence electrons. The van der Waals surface area contributed by atoms with Crippen LogP contribution in [0.4, 0.5) is 14.0 Å². The first-order chi connectivity index (χ1) is 29.5. The monoisotopic (exact) mass is 867 g/mol. The fourth-order valence-corrected chi connectivity index (χ4v) is 8.81. The van der Waals surface area contributed by atoms with Gasteiger partial charge in [0.1, 0.15) is 46.0 Å². The van der Waals surface area contributed by atoms with E-state index in [-0.39, 0.29) is 36.7 Å². The average molecular weight is 868 g/mol. The van der Waals surface area contributed by atoms with Gasteiger partial charge in [0.25, 0.3) is 0 Å². The number of aromatic nitrogens is 6. The third kappa shape index (κ3) is 8.48. The minimum absolute atomic E-state index is 0.142. The zero-order valence-corrected chi connectivity index (χ0v) is 36.5. The number of fused-ring (bicyclic) bond motifs is 5. The minimum Gasteiger partial charge on any atom is -0.464 e. The van der Waals surface area contributed by atoms with Gasteiger partial charge < -0.3 is 39.5 Å². The summed E-state index contributed by atoms with van der Waals surface area (Å²) in [6.07, 6.45) is 5.48. The van der Waals surface area contributed by atoms with Crippen molar-refractivity contribution in [3.63, 3.8) is 0 Å². The number of aliphatic hydroxyl groups is 1. The lowest BCUT2D eigenvalue weighted by Gasteiger charge is -2.29. The number of hydrogen-bond donors (Lipinski definition) is 4. The summed E-state index contributed by atoms with van der Waals surface area (Å²) < 4.78 is 35.6. The number of rotatable bonds is 11. The number of imidazole rings is 2. The van der Waals surface area contributed by atoms with Gasteiger partial charge in [0.2, 0.25) is 12.1 Å². The molecule has 2 aliphatic heterocycles. The van der Waals surface area contributed by atoms with Gasteiger partial charge in [0.15, 0.2) is 0 Å². The van der Waals surface area contributed by atoms with Gasteiger partial charge in [-0.05, 0) is 84.2 Å². The van der Waals surface area contributed by atoms with Gasteiger partial charge in [-0.25, -0.2) is 28.9 Å². The Bertz CT molecular complexity index is 2650. The van der Waals surface area contributed by atoms with Crippen LogP contribution in [-0.2, 0) is 26.4 Å². The second kappa shape index (κ2) is 16.5. The molecular formula is C44H50FN9O7S. The molecule has 0 aliphatic carbocycles. The van der Waals surface area contributed by atoms with Crippen molar-refractivity contribution in [2.75, 3.05) is 26.7 Å². The predicted octanol–water partition coefficient (Wildman–Crippen LogP) is 8.02. The van der Waals surface area contributed by atoms with Crippen LogP contribution in [0.25, 0.3) is 44.7 Å². The Kier molecular flexibility index (Phi) is 11.3. The Morgan fingerprint density at radius 3 is 2.53 bits per heavy atom. The van der Waals surface area contributed by atoms with Crippen LogP contribution in [0.3, 0.4) is 0 Å². The number of thiazole rings is 1. The maximum Gasteiger partial charge on any atom is 0.410 e. The van der Waals surface area contributed by atoms with Gasteiger partial charge in [-0.1, -0.05) is 13.0 Å². The topological polar surface area (TPSA) is 193 Å². The van der Waals surface area contributed by atoms with E-state index in [2.05, 4.69) is 30.0 Å². The number of aromatic amines is 2. The molecule has 1 fully saturated rings. The molecule has 8 rings (SSSR count). The van der Waals surface area contributed by atoms with Crippen LogP contribution in [0.2, 0.25) is 0 Å².